The smallest absolute Gasteiger partial charge is 0.240 e. The molecule has 0 saturated carbocycles. The molecule has 1 heterocycles. The molecule has 114 valence electrons. The molecule has 2 aromatic carbocycles. The Morgan fingerprint density at radius 2 is 1.91 bits per heavy atom. The number of nitrogens with zero attached hydrogens (tertiary/aromatic N) is 1. The van der Waals surface area contributed by atoms with Crippen molar-refractivity contribution >= 4 is 11.6 Å². The van der Waals surface area contributed by atoms with Crippen LogP contribution in [0.5, 0.6) is 0 Å². The van der Waals surface area contributed by atoms with Crippen molar-refractivity contribution in [2.75, 3.05) is 24.5 Å². The summed E-state index contributed by atoms with van der Waals surface area (Å²) in [5.74, 6) is -0.123. The first-order chi connectivity index (χ1) is 10.8. The number of hydrogen-bond donors (Lipinski definition) is 1. The molecule has 3 nitrogen and oxygen atoms in total. The highest BCUT2D eigenvalue weighted by Crippen LogP contribution is 2.27. The molecule has 0 atom stereocenters. The fraction of sp³-hybridized carbons (Fsp3) is 0.278. The molecule has 22 heavy (non-hydrogen) atoms. The van der Waals surface area contributed by atoms with Crippen LogP contribution in [0, 0.1) is 5.82 Å². The molecule has 0 aliphatic carbocycles. The van der Waals surface area contributed by atoms with Gasteiger partial charge in [0.2, 0.25) is 5.91 Å². The summed E-state index contributed by atoms with van der Waals surface area (Å²) < 4.78 is 13.5. The zero-order valence-corrected chi connectivity index (χ0v) is 12.4. The highest BCUT2D eigenvalue weighted by Gasteiger charge is 2.23. The average Bonchev–Trinajstić information content (AvgIpc) is 2.97. The maximum absolute atomic E-state index is 13.5. The van der Waals surface area contributed by atoms with Gasteiger partial charge in [0.05, 0.1) is 6.54 Å². The number of halogens is 1. The topological polar surface area (TPSA) is 32.3 Å². The molecule has 4 heteroatoms. The van der Waals surface area contributed by atoms with E-state index >= 15 is 0 Å². The van der Waals surface area contributed by atoms with Crippen molar-refractivity contribution in [3.8, 4) is 0 Å². The second-order valence-corrected chi connectivity index (χ2v) is 5.44. The number of benzene rings is 2. The summed E-state index contributed by atoms with van der Waals surface area (Å²) in [4.78, 5) is 14.1. The van der Waals surface area contributed by atoms with Gasteiger partial charge in [-0.3, -0.25) is 4.79 Å². The van der Waals surface area contributed by atoms with Crippen LogP contribution < -0.4 is 10.2 Å². The summed E-state index contributed by atoms with van der Waals surface area (Å²) in [6.45, 7) is 1.61. The van der Waals surface area contributed by atoms with Gasteiger partial charge in [-0.25, -0.2) is 4.39 Å². The monoisotopic (exact) mass is 298 g/mol. The zero-order valence-electron chi connectivity index (χ0n) is 12.4. The predicted octanol–water partition coefficient (Wildman–Crippen LogP) is 2.55. The molecular weight excluding hydrogens is 279 g/mol. The number of rotatable bonds is 5. The fourth-order valence-electron chi connectivity index (χ4n) is 2.81. The summed E-state index contributed by atoms with van der Waals surface area (Å²) in [5.41, 5.74) is 2.92. The normalized spacial score (nSPS) is 13.2. The van der Waals surface area contributed by atoms with Crippen LogP contribution in [-0.4, -0.2) is 25.5 Å². The van der Waals surface area contributed by atoms with Crippen LogP contribution in [0.4, 0.5) is 10.1 Å². The van der Waals surface area contributed by atoms with Crippen molar-refractivity contribution in [2.45, 2.75) is 12.8 Å². The molecule has 1 aliphatic rings. The van der Waals surface area contributed by atoms with Crippen LogP contribution in [0.2, 0.25) is 0 Å². The van der Waals surface area contributed by atoms with Crippen molar-refractivity contribution in [3.05, 3.63) is 65.5 Å². The predicted molar refractivity (Wildman–Crippen MR) is 85.5 cm³/mol. The zero-order chi connectivity index (χ0) is 15.4. The number of hydrogen-bond acceptors (Lipinski definition) is 2. The number of anilines is 1. The Balaban J connectivity index is 1.49. The third-order valence-corrected chi connectivity index (χ3v) is 3.99. The van der Waals surface area contributed by atoms with E-state index in [1.165, 1.54) is 11.6 Å². The number of carbonyl (C=O) groups is 1. The van der Waals surface area contributed by atoms with Gasteiger partial charge in [-0.05, 0) is 42.6 Å². The first-order valence-corrected chi connectivity index (χ1v) is 7.58. The van der Waals surface area contributed by atoms with E-state index in [2.05, 4.69) is 11.4 Å². The number of amides is 1. The molecule has 1 N–H and O–H groups in total. The van der Waals surface area contributed by atoms with Crippen LogP contribution in [-0.2, 0) is 17.6 Å². The molecule has 0 saturated heterocycles. The van der Waals surface area contributed by atoms with Crippen molar-refractivity contribution in [3.63, 3.8) is 0 Å². The second-order valence-electron chi connectivity index (χ2n) is 5.44. The van der Waals surface area contributed by atoms with E-state index < -0.39 is 0 Å². The van der Waals surface area contributed by atoms with Crippen LogP contribution >= 0.6 is 0 Å². The van der Waals surface area contributed by atoms with Gasteiger partial charge >= 0.3 is 0 Å². The Labute approximate surface area is 129 Å². The van der Waals surface area contributed by atoms with E-state index in [9.17, 15) is 9.18 Å². The van der Waals surface area contributed by atoms with E-state index in [0.29, 0.717) is 18.5 Å². The molecule has 1 amide bonds. The summed E-state index contributed by atoms with van der Waals surface area (Å²) in [7, 11) is 0. The van der Waals surface area contributed by atoms with Crippen molar-refractivity contribution < 1.29 is 9.18 Å². The Morgan fingerprint density at radius 3 is 2.77 bits per heavy atom. The Bertz CT molecular complexity index is 672. The van der Waals surface area contributed by atoms with Crippen molar-refractivity contribution in [2.24, 2.45) is 0 Å². The second kappa shape index (κ2) is 6.71. The average molecular weight is 298 g/mol. The lowest BCUT2D eigenvalue weighted by molar-refractivity contribution is -0.117. The largest absolute Gasteiger partial charge is 0.311 e. The summed E-state index contributed by atoms with van der Waals surface area (Å²) >= 11 is 0. The van der Waals surface area contributed by atoms with E-state index in [4.69, 9.17) is 0 Å². The van der Waals surface area contributed by atoms with Crippen LogP contribution in [0.1, 0.15) is 11.1 Å². The minimum absolute atomic E-state index is 0.0680. The van der Waals surface area contributed by atoms with Gasteiger partial charge in [-0.1, -0.05) is 36.4 Å². The number of fused-ring (bicyclic) bond motifs is 1. The molecule has 0 unspecified atom stereocenters. The third kappa shape index (κ3) is 3.17. The van der Waals surface area contributed by atoms with E-state index in [-0.39, 0.29) is 18.3 Å². The van der Waals surface area contributed by atoms with Gasteiger partial charge in [0.25, 0.3) is 0 Å². The quantitative estimate of drug-likeness (QED) is 0.860. The van der Waals surface area contributed by atoms with Gasteiger partial charge in [0, 0.05) is 12.2 Å². The van der Waals surface area contributed by atoms with Gasteiger partial charge in [-0.2, -0.15) is 0 Å². The molecule has 0 bridgehead atoms. The van der Waals surface area contributed by atoms with Crippen LogP contribution in [0.15, 0.2) is 48.5 Å². The van der Waals surface area contributed by atoms with Gasteiger partial charge in [-0.15, -0.1) is 0 Å². The first kappa shape index (κ1) is 14.7. The Kier molecular flexibility index (Phi) is 4.49. The molecule has 0 radical (unpaired) electrons. The lowest BCUT2D eigenvalue weighted by Crippen LogP contribution is -2.37. The van der Waals surface area contributed by atoms with Gasteiger partial charge in [0.15, 0.2) is 0 Å². The lowest BCUT2D eigenvalue weighted by Gasteiger charge is -2.17. The van der Waals surface area contributed by atoms with Crippen LogP contribution in [0.3, 0.4) is 0 Å². The SMILES string of the molecule is O=C(CNCCc1ccccc1F)N1CCc2ccccc21. The fourth-order valence-corrected chi connectivity index (χ4v) is 2.81. The Hall–Kier alpha value is -2.20. The number of para-hydroxylation sites is 1. The molecule has 1 aliphatic heterocycles. The van der Waals surface area contributed by atoms with Gasteiger partial charge < -0.3 is 10.2 Å². The highest BCUT2D eigenvalue weighted by molar-refractivity contribution is 5.96. The van der Waals surface area contributed by atoms with E-state index in [1.54, 1.807) is 12.1 Å². The standard InChI is InChI=1S/C18H19FN2O/c19-16-7-3-1-5-14(16)9-11-20-13-18(22)21-12-10-15-6-2-4-8-17(15)21/h1-8,20H,9-13H2. The number of carbonyl (C=O) groups excluding carboxylic acids is 1. The van der Waals surface area contributed by atoms with Crippen LogP contribution in [0.25, 0.3) is 0 Å². The molecule has 2 aromatic rings. The lowest BCUT2D eigenvalue weighted by atomic mass is 10.1. The molecular formula is C18H19FN2O. The minimum Gasteiger partial charge on any atom is -0.311 e. The van der Waals surface area contributed by atoms with Crippen molar-refractivity contribution in [1.29, 1.82) is 0 Å². The van der Waals surface area contributed by atoms with Gasteiger partial charge in [0.1, 0.15) is 5.82 Å². The first-order valence-electron chi connectivity index (χ1n) is 7.58. The summed E-state index contributed by atoms with van der Waals surface area (Å²) in [6, 6.07) is 14.7. The number of nitrogens with one attached hydrogen (secondary N) is 1. The molecule has 3 rings (SSSR count). The third-order valence-electron chi connectivity index (χ3n) is 3.99. The van der Waals surface area contributed by atoms with Crippen molar-refractivity contribution in [1.82, 2.24) is 5.32 Å². The van der Waals surface area contributed by atoms with E-state index in [0.717, 1.165) is 18.7 Å². The molecule has 0 aromatic heterocycles. The highest BCUT2D eigenvalue weighted by atomic mass is 19.1. The summed E-state index contributed by atoms with van der Waals surface area (Å²) in [6.07, 6.45) is 1.49. The maximum Gasteiger partial charge on any atom is 0.240 e. The Morgan fingerprint density at radius 1 is 1.14 bits per heavy atom. The molecule has 0 fully saturated rings. The summed E-state index contributed by atoms with van der Waals surface area (Å²) in [5, 5.41) is 3.11. The molecule has 0 spiro atoms. The van der Waals surface area contributed by atoms with E-state index in [1.807, 2.05) is 29.2 Å². The minimum atomic E-state index is -0.191. The maximum atomic E-state index is 13.5.